The van der Waals surface area contributed by atoms with E-state index in [2.05, 4.69) is 10.0 Å². The second kappa shape index (κ2) is 11.4. The van der Waals surface area contributed by atoms with Crippen LogP contribution in [0.1, 0.15) is 5.56 Å². The fourth-order valence-electron chi connectivity index (χ4n) is 2.73. The highest BCUT2D eigenvalue weighted by atomic mass is 32.2. The summed E-state index contributed by atoms with van der Waals surface area (Å²) in [5.74, 6) is 0.810. The zero-order valence-corrected chi connectivity index (χ0v) is 19.4. The number of benzene rings is 2. The Morgan fingerprint density at radius 1 is 1.03 bits per heavy atom. The highest BCUT2D eigenvalue weighted by Crippen LogP contribution is 2.35. The van der Waals surface area contributed by atoms with Crippen LogP contribution in [0.3, 0.4) is 0 Å². The van der Waals surface area contributed by atoms with Crippen LogP contribution in [0.2, 0.25) is 0 Å². The zero-order valence-electron chi connectivity index (χ0n) is 18.6. The molecule has 2 aromatic rings. The van der Waals surface area contributed by atoms with Gasteiger partial charge in [0.25, 0.3) is 10.0 Å². The first-order chi connectivity index (χ1) is 15.7. The van der Waals surface area contributed by atoms with Crippen molar-refractivity contribution < 1.29 is 37.3 Å². The van der Waals surface area contributed by atoms with Crippen LogP contribution in [0.5, 0.6) is 23.0 Å². The minimum Gasteiger partial charge on any atom is -0.496 e. The third-order valence-corrected chi connectivity index (χ3v) is 5.43. The van der Waals surface area contributed by atoms with Gasteiger partial charge in [-0.05, 0) is 24.3 Å². The highest BCUT2D eigenvalue weighted by Gasteiger charge is 2.17. The van der Waals surface area contributed by atoms with Gasteiger partial charge in [-0.2, -0.15) is 0 Å². The number of aliphatic hydroxyl groups is 1. The molecule has 1 amide bonds. The Morgan fingerprint density at radius 3 is 2.15 bits per heavy atom. The summed E-state index contributed by atoms with van der Waals surface area (Å²) >= 11 is 0. The Labute approximate surface area is 192 Å². The molecule has 1 atom stereocenters. The minimum atomic E-state index is -3.98. The second-order valence-electron chi connectivity index (χ2n) is 6.59. The lowest BCUT2D eigenvalue weighted by Crippen LogP contribution is -2.38. The normalized spacial score (nSPS) is 12.2. The molecule has 33 heavy (non-hydrogen) atoms. The van der Waals surface area contributed by atoms with Crippen molar-refractivity contribution in [1.82, 2.24) is 0 Å². The molecule has 12 heteroatoms. The third kappa shape index (κ3) is 6.75. The molecule has 2 aromatic carbocycles. The van der Waals surface area contributed by atoms with E-state index in [1.807, 2.05) is 0 Å². The molecule has 0 unspecified atom stereocenters. The van der Waals surface area contributed by atoms with Gasteiger partial charge < -0.3 is 35.1 Å². The highest BCUT2D eigenvalue weighted by molar-refractivity contribution is 7.95. The maximum atomic E-state index is 12.7. The molecule has 5 N–H and O–H groups in total. The summed E-state index contributed by atoms with van der Waals surface area (Å²) in [6.07, 6.45) is 1.33. The molecule has 0 saturated heterocycles. The largest absolute Gasteiger partial charge is 0.496 e. The number of anilines is 2. The predicted octanol–water partition coefficient (Wildman–Crippen LogP) is 1.39. The molecule has 0 bridgehead atoms. The summed E-state index contributed by atoms with van der Waals surface area (Å²) in [4.78, 5) is 12.0. The van der Waals surface area contributed by atoms with Gasteiger partial charge in [0.1, 0.15) is 29.0 Å². The Hall–Kier alpha value is -3.48. The molecular formula is C21H27N3O8S. The van der Waals surface area contributed by atoms with Gasteiger partial charge in [0.2, 0.25) is 5.91 Å². The van der Waals surface area contributed by atoms with Crippen LogP contribution in [0.4, 0.5) is 11.4 Å². The Morgan fingerprint density at radius 2 is 1.64 bits per heavy atom. The molecule has 0 heterocycles. The van der Waals surface area contributed by atoms with Crippen LogP contribution in [0.25, 0.3) is 6.08 Å². The van der Waals surface area contributed by atoms with Crippen molar-refractivity contribution in [1.29, 1.82) is 0 Å². The van der Waals surface area contributed by atoms with E-state index in [9.17, 15) is 13.2 Å². The number of aliphatic hydroxyl groups excluding tert-OH is 1. The summed E-state index contributed by atoms with van der Waals surface area (Å²) in [6.45, 7) is -0.552. The molecular weight excluding hydrogens is 454 g/mol. The van der Waals surface area contributed by atoms with Gasteiger partial charge in [0, 0.05) is 12.1 Å². The van der Waals surface area contributed by atoms with Crippen molar-refractivity contribution in [3.05, 3.63) is 41.3 Å². The van der Waals surface area contributed by atoms with E-state index in [0.717, 1.165) is 5.41 Å². The van der Waals surface area contributed by atoms with Gasteiger partial charge in [-0.1, -0.05) is 0 Å². The fourth-order valence-corrected chi connectivity index (χ4v) is 3.57. The van der Waals surface area contributed by atoms with Crippen molar-refractivity contribution in [3.8, 4) is 23.0 Å². The van der Waals surface area contributed by atoms with Gasteiger partial charge in [-0.15, -0.1) is 0 Å². The van der Waals surface area contributed by atoms with Crippen LogP contribution in [0.15, 0.2) is 35.7 Å². The maximum Gasteiger partial charge on any atom is 0.255 e. The average Bonchev–Trinajstić information content (AvgIpc) is 2.81. The first kappa shape index (κ1) is 25.8. The van der Waals surface area contributed by atoms with Crippen molar-refractivity contribution >= 4 is 33.4 Å². The van der Waals surface area contributed by atoms with E-state index >= 15 is 0 Å². The molecule has 0 aliphatic heterocycles. The Balaban J connectivity index is 2.32. The van der Waals surface area contributed by atoms with Crippen molar-refractivity contribution in [3.63, 3.8) is 0 Å². The molecule has 0 aliphatic rings. The van der Waals surface area contributed by atoms with Crippen LogP contribution in [-0.2, 0) is 14.8 Å². The molecule has 0 fully saturated rings. The summed E-state index contributed by atoms with van der Waals surface area (Å²) < 4.78 is 48.7. The lowest BCUT2D eigenvalue weighted by atomic mass is 10.1. The molecule has 2 rings (SSSR count). The molecule has 0 aromatic heterocycles. The first-order valence-electron chi connectivity index (χ1n) is 9.54. The lowest BCUT2D eigenvalue weighted by molar-refractivity contribution is -0.118. The quantitative estimate of drug-likeness (QED) is 0.372. The molecule has 11 nitrogen and oxygen atoms in total. The Bertz CT molecular complexity index is 1090. The summed E-state index contributed by atoms with van der Waals surface area (Å²) in [7, 11) is 1.78. The summed E-state index contributed by atoms with van der Waals surface area (Å²) in [5, 5.41) is 12.5. The van der Waals surface area contributed by atoms with Gasteiger partial charge >= 0.3 is 0 Å². The van der Waals surface area contributed by atoms with Crippen LogP contribution >= 0.6 is 0 Å². The number of nitrogens with two attached hydrogens (primary N) is 1. The number of sulfonamides is 1. The maximum absolute atomic E-state index is 12.7. The number of carbonyl (C=O) groups is 1. The molecule has 0 saturated carbocycles. The number of rotatable bonds is 11. The number of carbonyl (C=O) groups excluding carboxylic acids is 1. The number of methoxy groups -OCH3 is 4. The van der Waals surface area contributed by atoms with Gasteiger partial charge in [-0.3, -0.25) is 9.52 Å². The molecule has 180 valence electrons. The lowest BCUT2D eigenvalue weighted by Gasteiger charge is -2.15. The topological polar surface area (TPSA) is 158 Å². The van der Waals surface area contributed by atoms with E-state index in [4.69, 9.17) is 29.8 Å². The predicted molar refractivity (Wildman–Crippen MR) is 124 cm³/mol. The number of hydrogen-bond acceptors (Lipinski definition) is 9. The third-order valence-electron chi connectivity index (χ3n) is 4.42. The number of hydrogen-bond donors (Lipinski definition) is 4. The smallest absolute Gasteiger partial charge is 0.255 e. The van der Waals surface area contributed by atoms with Crippen molar-refractivity contribution in [2.45, 2.75) is 6.04 Å². The fraction of sp³-hybridized carbons (Fsp3) is 0.286. The molecule has 0 spiro atoms. The van der Waals surface area contributed by atoms with E-state index in [1.54, 1.807) is 12.1 Å². The SMILES string of the molecule is COc1cc(OC)c(/C=C/S(=O)(=O)Nc2ccc(OC)c(NC(=O)[C@@H](N)CO)c2)c(OC)c1. The van der Waals surface area contributed by atoms with Crippen LogP contribution < -0.4 is 34.7 Å². The van der Waals surface area contributed by atoms with Gasteiger partial charge in [-0.25, -0.2) is 8.42 Å². The van der Waals surface area contributed by atoms with Crippen molar-refractivity contribution in [2.24, 2.45) is 5.73 Å². The number of ether oxygens (including phenoxy) is 4. The molecule has 0 aliphatic carbocycles. The minimum absolute atomic E-state index is 0.155. The van der Waals surface area contributed by atoms with Gasteiger partial charge in [0.15, 0.2) is 0 Å². The van der Waals surface area contributed by atoms with E-state index in [-0.39, 0.29) is 17.1 Å². The number of amides is 1. The average molecular weight is 482 g/mol. The van der Waals surface area contributed by atoms with E-state index in [0.29, 0.717) is 22.8 Å². The van der Waals surface area contributed by atoms with Crippen LogP contribution in [0, 0.1) is 0 Å². The van der Waals surface area contributed by atoms with Crippen LogP contribution in [-0.4, -0.2) is 60.5 Å². The second-order valence-corrected chi connectivity index (χ2v) is 8.16. The monoisotopic (exact) mass is 481 g/mol. The van der Waals surface area contributed by atoms with E-state index in [1.165, 1.54) is 52.7 Å². The summed E-state index contributed by atoms with van der Waals surface area (Å²) in [5.41, 5.74) is 6.23. The van der Waals surface area contributed by atoms with E-state index < -0.39 is 28.6 Å². The van der Waals surface area contributed by atoms with Gasteiger partial charge in [0.05, 0.1) is 57.4 Å². The van der Waals surface area contributed by atoms with Crippen molar-refractivity contribution in [2.75, 3.05) is 45.1 Å². The number of nitrogens with one attached hydrogen (secondary N) is 2. The Kier molecular flexibility index (Phi) is 8.91. The zero-order chi connectivity index (χ0) is 24.6. The molecule has 0 radical (unpaired) electrons. The first-order valence-corrected chi connectivity index (χ1v) is 11.1. The summed E-state index contributed by atoms with van der Waals surface area (Å²) in [6, 6.07) is 6.33. The standard InChI is InChI=1S/C21H27N3O8S/c1-29-14-10-19(31-3)15(20(11-14)32-4)7-8-33(27,28)24-13-5-6-18(30-2)17(9-13)23-21(26)16(22)12-25/h5-11,16,24-25H,12,22H2,1-4H3,(H,23,26)/b8-7+/t16-/m0/s1.